The monoisotopic (exact) mass is 253 g/mol. The fourth-order valence-electron chi connectivity index (χ4n) is 1.68. The van der Waals surface area contributed by atoms with E-state index in [1.54, 1.807) is 12.1 Å². The third-order valence-corrected chi connectivity index (χ3v) is 3.09. The fraction of sp³-hybridized carbons (Fsp3) is 0.583. The second kappa shape index (κ2) is 5.00. The van der Waals surface area contributed by atoms with Crippen LogP contribution in [0.25, 0.3) is 0 Å². The summed E-state index contributed by atoms with van der Waals surface area (Å²) < 4.78 is 0. The summed E-state index contributed by atoms with van der Waals surface area (Å²) in [4.78, 5) is 14.1. The Kier molecular flexibility index (Phi) is 3.62. The molecule has 0 spiro atoms. The minimum Gasteiger partial charge on any atom is -0.335 e. The lowest BCUT2D eigenvalue weighted by Crippen LogP contribution is -2.39. The number of hydrogen-bond donors (Lipinski definition) is 0. The van der Waals surface area contributed by atoms with Crippen LogP contribution in [0.2, 0.25) is 5.15 Å². The first-order chi connectivity index (χ1) is 8.08. The van der Waals surface area contributed by atoms with Crippen molar-refractivity contribution >= 4 is 17.5 Å². The fourth-order valence-corrected chi connectivity index (χ4v) is 1.78. The largest absolute Gasteiger partial charge is 0.335 e. The maximum absolute atomic E-state index is 12.2. The molecule has 5 heteroatoms. The van der Waals surface area contributed by atoms with E-state index in [0.717, 1.165) is 6.54 Å². The van der Waals surface area contributed by atoms with Gasteiger partial charge in [-0.15, -0.1) is 10.2 Å². The normalized spacial score (nSPS) is 15.1. The van der Waals surface area contributed by atoms with Crippen LogP contribution in [0.15, 0.2) is 12.1 Å². The van der Waals surface area contributed by atoms with E-state index in [0.29, 0.717) is 16.8 Å². The predicted octanol–water partition coefficient (Wildman–Crippen LogP) is 2.39. The van der Waals surface area contributed by atoms with Crippen LogP contribution < -0.4 is 0 Å². The van der Waals surface area contributed by atoms with Crippen LogP contribution in [0.4, 0.5) is 0 Å². The van der Waals surface area contributed by atoms with Gasteiger partial charge in [-0.2, -0.15) is 0 Å². The van der Waals surface area contributed by atoms with E-state index >= 15 is 0 Å². The van der Waals surface area contributed by atoms with Gasteiger partial charge in [0.2, 0.25) is 0 Å². The number of amides is 1. The van der Waals surface area contributed by atoms with E-state index in [4.69, 9.17) is 11.6 Å². The minimum atomic E-state index is -0.0592. The van der Waals surface area contributed by atoms with Crippen molar-refractivity contribution in [1.29, 1.82) is 0 Å². The Morgan fingerprint density at radius 1 is 1.47 bits per heavy atom. The predicted molar refractivity (Wildman–Crippen MR) is 65.9 cm³/mol. The molecule has 0 atom stereocenters. The highest BCUT2D eigenvalue weighted by Gasteiger charge is 2.29. The zero-order valence-electron chi connectivity index (χ0n) is 10.1. The Balaban J connectivity index is 2.11. The van der Waals surface area contributed by atoms with Crippen LogP contribution in [-0.4, -0.2) is 33.6 Å². The molecule has 17 heavy (non-hydrogen) atoms. The summed E-state index contributed by atoms with van der Waals surface area (Å²) in [5.74, 6) is 0.609. The maximum Gasteiger partial charge on any atom is 0.274 e. The van der Waals surface area contributed by atoms with Crippen molar-refractivity contribution in [2.24, 2.45) is 5.92 Å². The Hall–Kier alpha value is -1.16. The van der Waals surface area contributed by atoms with Crippen molar-refractivity contribution in [3.05, 3.63) is 23.0 Å². The number of rotatable bonds is 4. The van der Waals surface area contributed by atoms with E-state index in [-0.39, 0.29) is 11.9 Å². The van der Waals surface area contributed by atoms with Gasteiger partial charge in [-0.3, -0.25) is 4.79 Å². The summed E-state index contributed by atoms with van der Waals surface area (Å²) in [5.41, 5.74) is 0.365. The van der Waals surface area contributed by atoms with E-state index in [1.807, 2.05) is 18.7 Å². The Morgan fingerprint density at radius 2 is 2.18 bits per heavy atom. The molecule has 92 valence electrons. The van der Waals surface area contributed by atoms with Gasteiger partial charge < -0.3 is 4.90 Å². The van der Waals surface area contributed by atoms with Crippen molar-refractivity contribution in [2.45, 2.75) is 32.7 Å². The second-order valence-electron chi connectivity index (χ2n) is 4.74. The minimum absolute atomic E-state index is 0.0592. The van der Waals surface area contributed by atoms with Gasteiger partial charge in [0.25, 0.3) is 5.91 Å². The van der Waals surface area contributed by atoms with Crippen molar-refractivity contribution < 1.29 is 4.79 Å². The van der Waals surface area contributed by atoms with Crippen LogP contribution >= 0.6 is 11.6 Å². The first kappa shape index (κ1) is 12.3. The first-order valence-corrected chi connectivity index (χ1v) is 6.26. The number of hydrogen-bond acceptors (Lipinski definition) is 3. The topological polar surface area (TPSA) is 46.1 Å². The average Bonchev–Trinajstić information content (AvgIpc) is 3.09. The molecule has 1 saturated carbocycles. The first-order valence-electron chi connectivity index (χ1n) is 5.88. The van der Waals surface area contributed by atoms with Gasteiger partial charge in [-0.25, -0.2) is 0 Å². The average molecular weight is 254 g/mol. The molecule has 2 rings (SSSR count). The highest BCUT2D eigenvalue weighted by atomic mass is 35.5. The summed E-state index contributed by atoms with van der Waals surface area (Å²) in [6, 6.07) is 3.40. The molecular weight excluding hydrogens is 238 g/mol. The number of carbonyl (C=O) groups is 1. The van der Waals surface area contributed by atoms with Crippen LogP contribution in [0.1, 0.15) is 37.2 Å². The summed E-state index contributed by atoms with van der Waals surface area (Å²) in [6.07, 6.45) is 2.45. The number of aromatic nitrogens is 2. The molecule has 0 aliphatic heterocycles. The van der Waals surface area contributed by atoms with Gasteiger partial charge in [0.05, 0.1) is 0 Å². The Bertz CT molecular complexity index is 401. The van der Waals surface area contributed by atoms with Crippen LogP contribution in [0.3, 0.4) is 0 Å². The lowest BCUT2D eigenvalue weighted by atomic mass is 10.2. The van der Waals surface area contributed by atoms with E-state index < -0.39 is 0 Å². The smallest absolute Gasteiger partial charge is 0.274 e. The van der Waals surface area contributed by atoms with Crippen LogP contribution in [-0.2, 0) is 0 Å². The summed E-state index contributed by atoms with van der Waals surface area (Å²) >= 11 is 5.65. The summed E-state index contributed by atoms with van der Waals surface area (Å²) in [7, 11) is 0. The lowest BCUT2D eigenvalue weighted by Gasteiger charge is -2.26. The molecule has 0 saturated heterocycles. The summed E-state index contributed by atoms with van der Waals surface area (Å²) in [6.45, 7) is 4.86. The molecule has 1 aliphatic carbocycles. The molecule has 4 nitrogen and oxygen atoms in total. The molecule has 1 aromatic rings. The molecule has 1 aliphatic rings. The molecule has 0 N–H and O–H groups in total. The highest BCUT2D eigenvalue weighted by molar-refractivity contribution is 6.29. The van der Waals surface area contributed by atoms with Gasteiger partial charge in [0.1, 0.15) is 0 Å². The molecule has 0 aromatic carbocycles. The number of carbonyl (C=O) groups excluding carboxylic acids is 1. The molecule has 1 amide bonds. The van der Waals surface area contributed by atoms with Gasteiger partial charge >= 0.3 is 0 Å². The Labute approximate surface area is 106 Å². The van der Waals surface area contributed by atoms with Crippen molar-refractivity contribution in [3.63, 3.8) is 0 Å². The quantitative estimate of drug-likeness (QED) is 0.828. The van der Waals surface area contributed by atoms with Crippen LogP contribution in [0.5, 0.6) is 0 Å². The van der Waals surface area contributed by atoms with E-state index in [9.17, 15) is 4.79 Å². The molecular formula is C12H16ClN3O. The molecule has 1 fully saturated rings. The van der Waals surface area contributed by atoms with Crippen molar-refractivity contribution in [3.8, 4) is 0 Å². The lowest BCUT2D eigenvalue weighted by molar-refractivity contribution is 0.0689. The number of halogens is 1. The highest BCUT2D eigenvalue weighted by Crippen LogP contribution is 2.30. The Morgan fingerprint density at radius 3 is 2.65 bits per heavy atom. The van der Waals surface area contributed by atoms with Gasteiger partial charge in [0, 0.05) is 12.6 Å². The maximum atomic E-state index is 12.2. The van der Waals surface area contributed by atoms with Gasteiger partial charge in [0.15, 0.2) is 10.8 Å². The standard InChI is InChI=1S/C12H16ClN3O/c1-8(2)16(7-9-3-4-9)12(17)10-5-6-11(13)15-14-10/h5-6,8-9H,3-4,7H2,1-2H3. The zero-order valence-corrected chi connectivity index (χ0v) is 10.8. The number of nitrogens with zero attached hydrogens (tertiary/aromatic N) is 3. The molecule has 1 aromatic heterocycles. The SMILES string of the molecule is CC(C)N(CC1CC1)C(=O)c1ccc(Cl)nn1. The third kappa shape index (κ3) is 3.16. The zero-order chi connectivity index (χ0) is 12.4. The molecule has 0 unspecified atom stereocenters. The van der Waals surface area contributed by atoms with Crippen molar-refractivity contribution in [1.82, 2.24) is 15.1 Å². The molecule has 0 radical (unpaired) electrons. The van der Waals surface area contributed by atoms with Crippen LogP contribution in [0, 0.1) is 5.92 Å². The van der Waals surface area contributed by atoms with E-state index in [1.165, 1.54) is 12.8 Å². The van der Waals surface area contributed by atoms with Gasteiger partial charge in [-0.05, 0) is 44.7 Å². The molecule has 0 bridgehead atoms. The van der Waals surface area contributed by atoms with E-state index in [2.05, 4.69) is 10.2 Å². The summed E-state index contributed by atoms with van der Waals surface area (Å²) in [5, 5.41) is 7.85. The third-order valence-electron chi connectivity index (χ3n) is 2.89. The van der Waals surface area contributed by atoms with Crippen molar-refractivity contribution in [2.75, 3.05) is 6.54 Å². The molecule has 1 heterocycles. The second-order valence-corrected chi connectivity index (χ2v) is 5.12. The van der Waals surface area contributed by atoms with Gasteiger partial charge in [-0.1, -0.05) is 11.6 Å².